The van der Waals surface area contributed by atoms with E-state index in [2.05, 4.69) is 0 Å². The highest BCUT2D eigenvalue weighted by atomic mass is 16.5. The molecule has 1 N–H and O–H groups in total. The zero-order valence-corrected chi connectivity index (χ0v) is 13.1. The molecule has 0 saturated heterocycles. The fraction of sp³-hybridized carbons (Fsp3) is 0.375. The van der Waals surface area contributed by atoms with E-state index in [9.17, 15) is 9.59 Å². The summed E-state index contributed by atoms with van der Waals surface area (Å²) in [6.45, 7) is 3.87. The molecule has 0 aliphatic rings. The zero-order valence-electron chi connectivity index (χ0n) is 13.1. The monoisotopic (exact) mass is 308 g/mol. The Bertz CT molecular complexity index is 563. The molecular weight excluding hydrogens is 288 g/mol. The van der Waals surface area contributed by atoms with E-state index in [1.54, 1.807) is 19.1 Å². The van der Waals surface area contributed by atoms with Crippen molar-refractivity contribution in [3.05, 3.63) is 23.3 Å². The summed E-state index contributed by atoms with van der Waals surface area (Å²) in [6, 6.07) is 3.19. The van der Waals surface area contributed by atoms with E-state index in [0.29, 0.717) is 29.4 Å². The van der Waals surface area contributed by atoms with Crippen LogP contribution in [0.5, 0.6) is 17.2 Å². The van der Waals surface area contributed by atoms with Gasteiger partial charge in [0.25, 0.3) is 0 Å². The first-order chi connectivity index (χ1) is 10.5. The summed E-state index contributed by atoms with van der Waals surface area (Å²) in [5.74, 6) is -0.469. The molecule has 0 aliphatic carbocycles. The third kappa shape index (κ3) is 4.00. The maximum atomic E-state index is 11.7. The predicted octanol–water partition coefficient (Wildman–Crippen LogP) is 2.55. The Kier molecular flexibility index (Phi) is 6.44. The second kappa shape index (κ2) is 8.07. The second-order valence-corrected chi connectivity index (χ2v) is 4.33. The molecule has 0 unspecified atom stereocenters. The smallest absolute Gasteiger partial charge is 0.339 e. The lowest BCUT2D eigenvalue weighted by molar-refractivity contribution is -0.134. The molecule has 0 bridgehead atoms. The van der Waals surface area contributed by atoms with Crippen LogP contribution in [0.25, 0.3) is 6.08 Å². The van der Waals surface area contributed by atoms with Crippen LogP contribution in [-0.4, -0.2) is 37.7 Å². The molecule has 1 aromatic rings. The molecular formula is C16H20O6. The van der Waals surface area contributed by atoms with Crippen molar-refractivity contribution in [3.8, 4) is 17.2 Å². The number of ether oxygens (including phenoxy) is 3. The Morgan fingerprint density at radius 2 is 1.68 bits per heavy atom. The van der Waals surface area contributed by atoms with Gasteiger partial charge in [-0.2, -0.15) is 0 Å². The van der Waals surface area contributed by atoms with Gasteiger partial charge in [0.05, 0.1) is 20.8 Å². The van der Waals surface area contributed by atoms with Crippen molar-refractivity contribution in [2.75, 3.05) is 20.8 Å². The number of benzene rings is 1. The molecule has 0 radical (unpaired) electrons. The van der Waals surface area contributed by atoms with Crippen LogP contribution in [0.2, 0.25) is 0 Å². The van der Waals surface area contributed by atoms with Gasteiger partial charge in [-0.25, -0.2) is 4.79 Å². The third-order valence-corrected chi connectivity index (χ3v) is 2.93. The highest BCUT2D eigenvalue weighted by Crippen LogP contribution is 2.39. The summed E-state index contributed by atoms with van der Waals surface area (Å²) in [6.07, 6.45) is 1.42. The van der Waals surface area contributed by atoms with E-state index in [1.165, 1.54) is 20.3 Å². The van der Waals surface area contributed by atoms with Gasteiger partial charge in [0, 0.05) is 6.42 Å². The zero-order chi connectivity index (χ0) is 16.7. The highest BCUT2D eigenvalue weighted by Gasteiger charge is 2.18. The van der Waals surface area contributed by atoms with Gasteiger partial charge < -0.3 is 19.3 Å². The number of carboxylic acid groups (broad SMARTS) is 1. The maximum Gasteiger partial charge on any atom is 0.339 e. The van der Waals surface area contributed by atoms with Crippen LogP contribution < -0.4 is 14.2 Å². The van der Waals surface area contributed by atoms with Gasteiger partial charge in [0.1, 0.15) is 5.57 Å². The lowest BCUT2D eigenvalue weighted by Crippen LogP contribution is -2.11. The van der Waals surface area contributed by atoms with Crippen molar-refractivity contribution in [2.45, 2.75) is 20.3 Å². The molecule has 22 heavy (non-hydrogen) atoms. The molecule has 6 heteroatoms. The fourth-order valence-electron chi connectivity index (χ4n) is 1.89. The Balaban J connectivity index is 3.41. The summed E-state index contributed by atoms with van der Waals surface area (Å²) in [4.78, 5) is 22.9. The van der Waals surface area contributed by atoms with Crippen LogP contribution in [0.15, 0.2) is 17.7 Å². The number of rotatable bonds is 8. The summed E-state index contributed by atoms with van der Waals surface area (Å²) in [7, 11) is 2.94. The first-order valence-electron chi connectivity index (χ1n) is 6.85. The topological polar surface area (TPSA) is 82.1 Å². The normalized spacial score (nSPS) is 11.0. The van der Waals surface area contributed by atoms with Gasteiger partial charge in [0.2, 0.25) is 5.75 Å². The predicted molar refractivity (Wildman–Crippen MR) is 81.6 cm³/mol. The number of methoxy groups -OCH3 is 2. The summed E-state index contributed by atoms with van der Waals surface area (Å²) < 4.78 is 16.0. The standard InChI is InChI=1S/C16H20O6/c1-5-12(17)11(16(18)19)7-10-8-13(20-3)15(22-6-2)14(9-10)21-4/h7-9H,5-6H2,1-4H3,(H,18,19)/b11-7+. The lowest BCUT2D eigenvalue weighted by atomic mass is 10.0. The Morgan fingerprint density at radius 3 is 2.05 bits per heavy atom. The largest absolute Gasteiger partial charge is 0.493 e. The number of Topliss-reactive ketones (excluding diaryl/α,β-unsaturated/α-hetero) is 1. The number of hydrogen-bond acceptors (Lipinski definition) is 5. The molecule has 120 valence electrons. The molecule has 0 heterocycles. The van der Waals surface area contributed by atoms with Gasteiger partial charge in [0.15, 0.2) is 17.3 Å². The van der Waals surface area contributed by atoms with Gasteiger partial charge in [-0.1, -0.05) is 6.92 Å². The van der Waals surface area contributed by atoms with Gasteiger partial charge in [-0.3, -0.25) is 4.79 Å². The molecule has 0 spiro atoms. The molecule has 0 atom stereocenters. The molecule has 1 aromatic carbocycles. The number of carboxylic acids is 1. The number of ketones is 1. The Labute approximate surface area is 129 Å². The van der Waals surface area contributed by atoms with Crippen LogP contribution in [0, 0.1) is 0 Å². The van der Waals surface area contributed by atoms with Crippen LogP contribution in [0.4, 0.5) is 0 Å². The minimum absolute atomic E-state index is 0.115. The second-order valence-electron chi connectivity index (χ2n) is 4.33. The minimum atomic E-state index is -1.27. The van der Waals surface area contributed by atoms with E-state index in [0.717, 1.165) is 0 Å². The number of aliphatic carboxylic acids is 1. The third-order valence-electron chi connectivity index (χ3n) is 2.93. The fourth-order valence-corrected chi connectivity index (χ4v) is 1.89. The van der Waals surface area contributed by atoms with E-state index >= 15 is 0 Å². The van der Waals surface area contributed by atoms with Crippen LogP contribution in [0.3, 0.4) is 0 Å². The van der Waals surface area contributed by atoms with Crippen molar-refractivity contribution in [3.63, 3.8) is 0 Å². The van der Waals surface area contributed by atoms with Crippen LogP contribution >= 0.6 is 0 Å². The van der Waals surface area contributed by atoms with Crippen LogP contribution in [0.1, 0.15) is 25.8 Å². The van der Waals surface area contributed by atoms with Crippen molar-refractivity contribution in [2.24, 2.45) is 0 Å². The van der Waals surface area contributed by atoms with Crippen molar-refractivity contribution < 1.29 is 28.9 Å². The maximum absolute atomic E-state index is 11.7. The highest BCUT2D eigenvalue weighted by molar-refractivity contribution is 6.19. The minimum Gasteiger partial charge on any atom is -0.493 e. The van der Waals surface area contributed by atoms with Gasteiger partial charge in [-0.15, -0.1) is 0 Å². The van der Waals surface area contributed by atoms with E-state index in [-0.39, 0.29) is 12.0 Å². The van der Waals surface area contributed by atoms with Crippen LogP contribution in [-0.2, 0) is 9.59 Å². The number of hydrogen-bond donors (Lipinski definition) is 1. The Hall–Kier alpha value is -2.50. The molecule has 0 aliphatic heterocycles. The van der Waals surface area contributed by atoms with Crippen molar-refractivity contribution in [1.29, 1.82) is 0 Å². The summed E-state index contributed by atoms with van der Waals surface area (Å²) in [5.41, 5.74) is 0.201. The molecule has 1 rings (SSSR count). The summed E-state index contributed by atoms with van der Waals surface area (Å²) in [5, 5.41) is 9.15. The van der Waals surface area contributed by atoms with Crippen molar-refractivity contribution >= 4 is 17.8 Å². The molecule has 6 nitrogen and oxygen atoms in total. The quantitative estimate of drug-likeness (QED) is 0.451. The molecule has 0 amide bonds. The van der Waals surface area contributed by atoms with Gasteiger partial charge in [-0.05, 0) is 30.7 Å². The SMILES string of the molecule is CCOc1c(OC)cc(/C=C(/C(=O)O)C(=O)CC)cc1OC. The Morgan fingerprint density at radius 1 is 1.14 bits per heavy atom. The first kappa shape index (κ1) is 17.6. The van der Waals surface area contributed by atoms with Crippen molar-refractivity contribution in [1.82, 2.24) is 0 Å². The molecule has 0 saturated carbocycles. The first-order valence-corrected chi connectivity index (χ1v) is 6.85. The van der Waals surface area contributed by atoms with Gasteiger partial charge >= 0.3 is 5.97 Å². The average molecular weight is 308 g/mol. The van der Waals surface area contributed by atoms with E-state index in [4.69, 9.17) is 19.3 Å². The lowest BCUT2D eigenvalue weighted by Gasteiger charge is -2.14. The van der Waals surface area contributed by atoms with E-state index < -0.39 is 11.8 Å². The van der Waals surface area contributed by atoms with E-state index in [1.807, 2.05) is 6.92 Å². The molecule has 0 aromatic heterocycles. The number of carbonyl (C=O) groups excluding carboxylic acids is 1. The number of carbonyl (C=O) groups is 2. The average Bonchev–Trinajstić information content (AvgIpc) is 2.52. The molecule has 0 fully saturated rings. The summed E-state index contributed by atoms with van der Waals surface area (Å²) >= 11 is 0.